The topological polar surface area (TPSA) is 0 Å². The molecule has 0 atom stereocenters. The molecule has 1 rings (SSSR count). The summed E-state index contributed by atoms with van der Waals surface area (Å²) in [7, 11) is 0. The molecule has 0 saturated heterocycles. The van der Waals surface area contributed by atoms with Crippen LogP contribution in [0.25, 0.3) is 0 Å². The first kappa shape index (κ1) is 22.2. The van der Waals surface area contributed by atoms with E-state index in [0.29, 0.717) is 12.0 Å². The molecule has 0 aliphatic heterocycles. The first-order chi connectivity index (χ1) is 9.66. The Morgan fingerprint density at radius 1 is 0.727 bits per heavy atom. The fourth-order valence-corrected chi connectivity index (χ4v) is 2.82. The maximum atomic E-state index is 6.21. The molecule has 0 aliphatic rings. The summed E-state index contributed by atoms with van der Waals surface area (Å²) < 4.78 is -7.80. The minimum atomic E-state index is -2.03. The van der Waals surface area contributed by atoms with Crippen molar-refractivity contribution >= 4 is 116 Å². The monoisotopic (exact) mass is 501 g/mol. The van der Waals surface area contributed by atoms with E-state index in [1.165, 1.54) is 6.07 Å². The third-order valence-corrected chi connectivity index (χ3v) is 7.63. The largest absolute Gasteiger partial charge is 0.227 e. The highest BCUT2D eigenvalue weighted by molar-refractivity contribution is 6.76. The van der Waals surface area contributed by atoms with E-state index >= 15 is 0 Å². The summed E-state index contributed by atoms with van der Waals surface area (Å²) in [5.74, 6) is 0. The van der Waals surface area contributed by atoms with E-state index in [-0.39, 0.29) is 11.1 Å². The summed E-state index contributed by atoms with van der Waals surface area (Å²) in [5, 5.41) is 0. The Labute approximate surface area is 179 Å². The van der Waals surface area contributed by atoms with E-state index in [4.69, 9.17) is 116 Å². The highest BCUT2D eigenvalue weighted by atomic mass is 35.6. The van der Waals surface area contributed by atoms with Gasteiger partial charge in [-0.3, -0.25) is 0 Å². The molecular weight excluding hydrogens is 499 g/mol. The lowest BCUT2D eigenvalue weighted by molar-refractivity contribution is 0.833. The van der Waals surface area contributed by atoms with Crippen molar-refractivity contribution in [3.63, 3.8) is 0 Å². The first-order valence-electron chi connectivity index (χ1n) is 5.48. The molecule has 0 saturated carbocycles. The quantitative estimate of drug-likeness (QED) is 0.364. The van der Waals surface area contributed by atoms with Crippen LogP contribution in [0.15, 0.2) is 18.2 Å². The zero-order chi connectivity index (χ0) is 17.6. The zero-order valence-corrected chi connectivity index (χ0v) is 18.0. The molecule has 0 aromatic heterocycles. The van der Waals surface area contributed by atoms with E-state index in [1.807, 2.05) is 0 Å². The van der Waals surface area contributed by atoms with Crippen molar-refractivity contribution in [3.05, 3.63) is 41.8 Å². The Hall–Kier alpha value is 2.12. The van der Waals surface area contributed by atoms with Crippen molar-refractivity contribution in [1.82, 2.24) is 0 Å². The van der Waals surface area contributed by atoms with Crippen LogP contribution in [-0.2, 0) is 15.1 Å². The van der Waals surface area contributed by atoms with Gasteiger partial charge in [0.15, 0.2) is 8.67 Å². The van der Waals surface area contributed by atoms with Crippen LogP contribution < -0.4 is 0 Å². The maximum absolute atomic E-state index is 6.21. The smallest absolute Gasteiger partial charge is 0.0915 e. The van der Waals surface area contributed by atoms with Crippen LogP contribution in [0.3, 0.4) is 0 Å². The summed E-state index contributed by atoms with van der Waals surface area (Å²) in [6.07, 6.45) is 0.322. The minimum absolute atomic E-state index is 0.225. The van der Waals surface area contributed by atoms with Crippen molar-refractivity contribution < 1.29 is 0 Å². The number of halogens is 10. The molecule has 0 bridgehead atoms. The molecule has 1 radical (unpaired) electrons. The summed E-state index contributed by atoms with van der Waals surface area (Å²) in [4.78, 5) is 0. The lowest BCUT2D eigenvalue weighted by Gasteiger charge is -2.33. The Balaban J connectivity index is 3.57. The predicted molar refractivity (Wildman–Crippen MR) is 103 cm³/mol. The molecule has 0 amide bonds. The SMILES string of the molecule is [CH2]Cc1ccc(C(Cl)(Cl)C(Cl)(Cl)Cl)cc1C(Cl)(Cl)C(Cl)(Cl)Cl. The fourth-order valence-electron chi connectivity index (χ4n) is 1.60. The number of rotatable bonds is 3. The van der Waals surface area contributed by atoms with E-state index in [9.17, 15) is 0 Å². The van der Waals surface area contributed by atoms with Gasteiger partial charge in [-0.15, -0.1) is 0 Å². The third-order valence-electron chi connectivity index (χ3n) is 2.79. The van der Waals surface area contributed by atoms with Gasteiger partial charge in [-0.25, -0.2) is 0 Å². The van der Waals surface area contributed by atoms with Gasteiger partial charge in [0.2, 0.25) is 7.59 Å². The molecule has 0 unspecified atom stereocenters. The number of hydrogen-bond donors (Lipinski definition) is 0. The molecule has 0 spiro atoms. The highest BCUT2D eigenvalue weighted by Gasteiger charge is 2.51. The van der Waals surface area contributed by atoms with Crippen LogP contribution in [0.1, 0.15) is 16.7 Å². The Kier molecular flexibility index (Phi) is 7.45. The minimum Gasteiger partial charge on any atom is -0.0915 e. The molecule has 0 aliphatic carbocycles. The first-order valence-corrected chi connectivity index (χ1v) is 9.26. The molecular formula is C12H7Cl10. The average molecular weight is 506 g/mol. The Bertz CT molecular complexity index is 538. The van der Waals surface area contributed by atoms with Crippen LogP contribution in [0.5, 0.6) is 0 Å². The third kappa shape index (κ3) is 4.44. The van der Waals surface area contributed by atoms with Crippen LogP contribution in [0, 0.1) is 6.92 Å². The van der Waals surface area contributed by atoms with E-state index in [0.717, 1.165) is 0 Å². The molecule has 1 aromatic carbocycles. The van der Waals surface area contributed by atoms with Crippen molar-refractivity contribution in [2.45, 2.75) is 22.7 Å². The summed E-state index contributed by atoms with van der Waals surface area (Å²) >= 11 is 59.6. The Morgan fingerprint density at radius 2 is 1.18 bits per heavy atom. The predicted octanol–water partition coefficient (Wildman–Crippen LogP) is 8.06. The summed E-state index contributed by atoms with van der Waals surface area (Å²) in [6, 6.07) is 4.59. The van der Waals surface area contributed by atoms with Crippen molar-refractivity contribution in [2.75, 3.05) is 0 Å². The molecule has 0 N–H and O–H groups in total. The Morgan fingerprint density at radius 3 is 1.55 bits per heavy atom. The van der Waals surface area contributed by atoms with Gasteiger partial charge in [0, 0.05) is 0 Å². The fraction of sp³-hybridized carbons (Fsp3) is 0.417. The summed E-state index contributed by atoms with van der Waals surface area (Å²) in [5.41, 5.74) is 1.10. The number of hydrogen-bond acceptors (Lipinski definition) is 0. The van der Waals surface area contributed by atoms with E-state index < -0.39 is 16.3 Å². The molecule has 0 fully saturated rings. The van der Waals surface area contributed by atoms with Gasteiger partial charge in [-0.2, -0.15) is 0 Å². The van der Waals surface area contributed by atoms with Gasteiger partial charge in [-0.1, -0.05) is 128 Å². The number of benzene rings is 1. The lowest BCUT2D eigenvalue weighted by atomic mass is 9.98. The number of alkyl halides is 10. The van der Waals surface area contributed by atoms with Crippen LogP contribution in [-0.4, -0.2) is 7.59 Å². The second-order valence-corrected chi connectivity index (χ2v) is 11.5. The maximum Gasteiger partial charge on any atom is 0.227 e. The van der Waals surface area contributed by atoms with Gasteiger partial charge >= 0.3 is 0 Å². The van der Waals surface area contributed by atoms with E-state index in [1.54, 1.807) is 12.1 Å². The van der Waals surface area contributed by atoms with Crippen LogP contribution in [0.2, 0.25) is 0 Å². The van der Waals surface area contributed by atoms with E-state index in [2.05, 4.69) is 6.92 Å². The van der Waals surface area contributed by atoms with Gasteiger partial charge in [-0.05, 0) is 36.1 Å². The lowest BCUT2D eigenvalue weighted by Crippen LogP contribution is -2.32. The average Bonchev–Trinajstić information content (AvgIpc) is 2.35. The molecule has 10 heteroatoms. The molecule has 0 heterocycles. The van der Waals surface area contributed by atoms with Crippen molar-refractivity contribution in [3.8, 4) is 0 Å². The molecule has 1 aromatic rings. The van der Waals surface area contributed by atoms with Gasteiger partial charge in [0.25, 0.3) is 0 Å². The highest BCUT2D eigenvalue weighted by Crippen LogP contribution is 2.56. The molecule has 22 heavy (non-hydrogen) atoms. The molecule has 0 nitrogen and oxygen atoms in total. The van der Waals surface area contributed by atoms with Crippen LogP contribution in [0.4, 0.5) is 0 Å². The van der Waals surface area contributed by atoms with Crippen molar-refractivity contribution in [1.29, 1.82) is 0 Å². The second kappa shape index (κ2) is 7.39. The standard InChI is InChI=1S/C12H7Cl10/c1-2-6-3-4-7(9(13,14)11(17,18)19)5-8(6)10(15,16)12(20,21)22/h3-5H,1-2H2. The second-order valence-electron chi connectivity index (χ2n) is 4.27. The zero-order valence-electron chi connectivity index (χ0n) is 10.4. The van der Waals surface area contributed by atoms with Crippen LogP contribution >= 0.6 is 116 Å². The normalized spacial score (nSPS) is 14.3. The van der Waals surface area contributed by atoms with Crippen molar-refractivity contribution in [2.24, 2.45) is 0 Å². The summed E-state index contributed by atoms with van der Waals surface area (Å²) in [6.45, 7) is 3.76. The molecule has 125 valence electrons. The van der Waals surface area contributed by atoms with Gasteiger partial charge in [0.05, 0.1) is 0 Å². The van der Waals surface area contributed by atoms with Gasteiger partial charge in [0.1, 0.15) is 0 Å². The van der Waals surface area contributed by atoms with Gasteiger partial charge < -0.3 is 0 Å².